The lowest BCUT2D eigenvalue weighted by Gasteiger charge is -2.10. The van der Waals surface area contributed by atoms with E-state index in [4.69, 9.17) is 16.3 Å². The molecule has 0 amide bonds. The summed E-state index contributed by atoms with van der Waals surface area (Å²) < 4.78 is 5.57. The Bertz CT molecular complexity index is 485. The van der Waals surface area contributed by atoms with Gasteiger partial charge in [0.2, 0.25) is 0 Å². The maximum atomic E-state index is 9.41. The van der Waals surface area contributed by atoms with E-state index in [1.54, 1.807) is 36.8 Å². The lowest BCUT2D eigenvalue weighted by Crippen LogP contribution is -1.96. The third kappa shape index (κ3) is 3.19. The molecule has 1 aromatic heterocycles. The number of benzene rings is 1. The fraction of sp³-hybridized carbons (Fsp3) is 0.250. The van der Waals surface area contributed by atoms with E-state index in [9.17, 15) is 5.11 Å². The number of aliphatic hydroxyl groups excluding tert-OH is 1. The molecule has 0 aliphatic carbocycles. The summed E-state index contributed by atoms with van der Waals surface area (Å²) in [4.78, 5) is 5.01. The second-order valence-corrected chi connectivity index (χ2v) is 5.00. The highest BCUT2D eigenvalue weighted by molar-refractivity contribution is 7.09. The fourth-order valence-electron chi connectivity index (χ4n) is 1.36. The molecule has 2 aromatic rings. The van der Waals surface area contributed by atoms with Gasteiger partial charge < -0.3 is 9.84 Å². The first-order valence-corrected chi connectivity index (χ1v) is 6.40. The molecule has 1 atom stereocenters. The van der Waals surface area contributed by atoms with Gasteiger partial charge >= 0.3 is 0 Å². The van der Waals surface area contributed by atoms with Gasteiger partial charge in [-0.15, -0.1) is 11.3 Å². The zero-order valence-electron chi connectivity index (χ0n) is 9.26. The molecule has 5 heteroatoms. The number of hydrogen-bond acceptors (Lipinski definition) is 4. The van der Waals surface area contributed by atoms with Crippen LogP contribution in [0.15, 0.2) is 29.9 Å². The Balaban J connectivity index is 2.06. The largest absolute Gasteiger partial charge is 0.486 e. The molecular weight excluding hydrogens is 258 g/mol. The molecule has 90 valence electrons. The molecule has 1 aromatic carbocycles. The van der Waals surface area contributed by atoms with E-state index in [-0.39, 0.29) is 0 Å². The van der Waals surface area contributed by atoms with E-state index in [2.05, 4.69) is 4.98 Å². The molecule has 0 bridgehead atoms. The van der Waals surface area contributed by atoms with Crippen LogP contribution in [0.5, 0.6) is 5.75 Å². The lowest BCUT2D eigenvalue weighted by atomic mass is 10.1. The zero-order valence-corrected chi connectivity index (χ0v) is 10.8. The van der Waals surface area contributed by atoms with Gasteiger partial charge in [0.15, 0.2) is 0 Å². The van der Waals surface area contributed by atoms with E-state index in [0.29, 0.717) is 17.4 Å². The summed E-state index contributed by atoms with van der Waals surface area (Å²) in [6.45, 7) is 2.15. The highest BCUT2D eigenvalue weighted by Crippen LogP contribution is 2.28. The summed E-state index contributed by atoms with van der Waals surface area (Å²) in [5.74, 6) is 0.615. The lowest BCUT2D eigenvalue weighted by molar-refractivity contribution is 0.199. The topological polar surface area (TPSA) is 42.4 Å². The van der Waals surface area contributed by atoms with E-state index >= 15 is 0 Å². The van der Waals surface area contributed by atoms with Crippen LogP contribution < -0.4 is 4.74 Å². The average Bonchev–Trinajstić information content (AvgIpc) is 2.80. The Morgan fingerprint density at radius 2 is 2.35 bits per heavy atom. The van der Waals surface area contributed by atoms with Crippen molar-refractivity contribution in [2.45, 2.75) is 19.6 Å². The van der Waals surface area contributed by atoms with E-state index in [1.165, 1.54) is 11.3 Å². The van der Waals surface area contributed by atoms with Gasteiger partial charge in [-0.3, -0.25) is 4.98 Å². The van der Waals surface area contributed by atoms with Crippen LogP contribution in [0.4, 0.5) is 0 Å². The van der Waals surface area contributed by atoms with Gasteiger partial charge in [-0.25, -0.2) is 0 Å². The quantitative estimate of drug-likeness (QED) is 0.925. The molecule has 17 heavy (non-hydrogen) atoms. The minimum atomic E-state index is -0.525. The SMILES string of the molecule is C[C@H](O)c1ccc(OCc2cncs2)c(Cl)c1. The third-order valence-electron chi connectivity index (χ3n) is 2.29. The molecule has 0 unspecified atom stereocenters. The number of thiazole rings is 1. The molecular formula is C12H12ClNO2S. The van der Waals surface area contributed by atoms with Crippen molar-refractivity contribution in [1.29, 1.82) is 0 Å². The van der Waals surface area contributed by atoms with Crippen LogP contribution in [0, 0.1) is 0 Å². The number of halogens is 1. The van der Waals surface area contributed by atoms with Crippen molar-refractivity contribution in [3.63, 3.8) is 0 Å². The van der Waals surface area contributed by atoms with Crippen LogP contribution in [0.25, 0.3) is 0 Å². The highest BCUT2D eigenvalue weighted by Gasteiger charge is 2.07. The van der Waals surface area contributed by atoms with Crippen LogP contribution in [-0.4, -0.2) is 10.1 Å². The maximum Gasteiger partial charge on any atom is 0.138 e. The van der Waals surface area contributed by atoms with Gasteiger partial charge in [-0.05, 0) is 24.6 Å². The smallest absolute Gasteiger partial charge is 0.138 e. The molecule has 1 heterocycles. The van der Waals surface area contributed by atoms with Crippen molar-refractivity contribution in [3.05, 3.63) is 45.4 Å². The Labute approximate surface area is 109 Å². The van der Waals surface area contributed by atoms with Gasteiger partial charge in [0.05, 0.1) is 21.5 Å². The molecule has 0 saturated carbocycles. The predicted octanol–water partition coefficient (Wildman–Crippen LogP) is 3.43. The number of rotatable bonds is 4. The summed E-state index contributed by atoms with van der Waals surface area (Å²) in [5, 5.41) is 9.92. The van der Waals surface area contributed by atoms with Crippen LogP contribution in [-0.2, 0) is 6.61 Å². The van der Waals surface area contributed by atoms with Crippen molar-refractivity contribution in [2.75, 3.05) is 0 Å². The first kappa shape index (κ1) is 12.4. The summed E-state index contributed by atoms with van der Waals surface area (Å²) >= 11 is 7.60. The molecule has 2 rings (SSSR count). The Morgan fingerprint density at radius 3 is 2.94 bits per heavy atom. The number of nitrogens with zero attached hydrogens (tertiary/aromatic N) is 1. The molecule has 0 aliphatic rings. The average molecular weight is 270 g/mol. The first-order chi connectivity index (χ1) is 8.16. The van der Waals surface area contributed by atoms with Crippen LogP contribution in [0.1, 0.15) is 23.5 Å². The normalized spacial score (nSPS) is 12.4. The van der Waals surface area contributed by atoms with E-state index < -0.39 is 6.10 Å². The molecule has 0 aliphatic heterocycles. The summed E-state index contributed by atoms with van der Waals surface area (Å²) in [6.07, 6.45) is 1.24. The van der Waals surface area contributed by atoms with Gasteiger partial charge in [0.1, 0.15) is 12.4 Å². The van der Waals surface area contributed by atoms with Crippen molar-refractivity contribution < 1.29 is 9.84 Å². The van der Waals surface area contributed by atoms with Crippen molar-refractivity contribution >= 4 is 22.9 Å². The highest BCUT2D eigenvalue weighted by atomic mass is 35.5. The van der Waals surface area contributed by atoms with E-state index in [1.807, 2.05) is 0 Å². The molecule has 0 saturated heterocycles. The Morgan fingerprint density at radius 1 is 1.53 bits per heavy atom. The van der Waals surface area contributed by atoms with Gasteiger partial charge in [0, 0.05) is 6.20 Å². The Hall–Kier alpha value is -1.10. The molecule has 0 radical (unpaired) electrons. The molecule has 3 nitrogen and oxygen atoms in total. The van der Waals surface area contributed by atoms with Gasteiger partial charge in [-0.2, -0.15) is 0 Å². The number of aromatic nitrogens is 1. The third-order valence-corrected chi connectivity index (χ3v) is 3.34. The standard InChI is InChI=1S/C12H12ClNO2S/c1-8(15)9-2-3-12(11(13)4-9)16-6-10-5-14-7-17-10/h2-5,7-8,15H,6H2,1H3/t8-/m0/s1. The van der Waals surface area contributed by atoms with Gasteiger partial charge in [0.25, 0.3) is 0 Å². The fourth-order valence-corrected chi connectivity index (χ4v) is 2.11. The number of ether oxygens (including phenoxy) is 1. The predicted molar refractivity (Wildman–Crippen MR) is 68.5 cm³/mol. The van der Waals surface area contributed by atoms with Crippen molar-refractivity contribution in [1.82, 2.24) is 4.98 Å². The van der Waals surface area contributed by atoms with Crippen LogP contribution in [0.3, 0.4) is 0 Å². The van der Waals surface area contributed by atoms with Gasteiger partial charge in [-0.1, -0.05) is 17.7 Å². The minimum Gasteiger partial charge on any atom is -0.486 e. The number of aliphatic hydroxyl groups is 1. The van der Waals surface area contributed by atoms with E-state index in [0.717, 1.165) is 10.4 Å². The zero-order chi connectivity index (χ0) is 12.3. The summed E-state index contributed by atoms with van der Waals surface area (Å²) in [6, 6.07) is 5.29. The molecule has 0 fully saturated rings. The Kier molecular flexibility index (Phi) is 3.99. The monoisotopic (exact) mass is 269 g/mol. The van der Waals surface area contributed by atoms with Crippen LogP contribution >= 0.6 is 22.9 Å². The van der Waals surface area contributed by atoms with Crippen LogP contribution in [0.2, 0.25) is 5.02 Å². The second-order valence-electron chi connectivity index (χ2n) is 3.62. The summed E-state index contributed by atoms with van der Waals surface area (Å²) in [7, 11) is 0. The molecule has 1 N–H and O–H groups in total. The summed E-state index contributed by atoms with van der Waals surface area (Å²) in [5.41, 5.74) is 2.54. The van der Waals surface area contributed by atoms with Crippen molar-refractivity contribution in [3.8, 4) is 5.75 Å². The van der Waals surface area contributed by atoms with Crippen molar-refractivity contribution in [2.24, 2.45) is 0 Å². The first-order valence-electron chi connectivity index (χ1n) is 5.14. The minimum absolute atomic E-state index is 0.457. The molecule has 0 spiro atoms. The second kappa shape index (κ2) is 5.49. The number of hydrogen-bond donors (Lipinski definition) is 1. The maximum absolute atomic E-state index is 9.41.